The van der Waals surface area contributed by atoms with Crippen molar-refractivity contribution in [2.24, 2.45) is 5.10 Å². The zero-order valence-corrected chi connectivity index (χ0v) is 13.0. The molecule has 5 nitrogen and oxygen atoms in total. The summed E-state index contributed by atoms with van der Waals surface area (Å²) in [6.45, 7) is 0.143. The fraction of sp³-hybridized carbons (Fsp3) is 0.222. The third kappa shape index (κ3) is 3.69. The maximum absolute atomic E-state index is 11.9. The van der Waals surface area contributed by atoms with Crippen molar-refractivity contribution < 1.29 is 9.53 Å². The Morgan fingerprint density at radius 2 is 1.74 bits per heavy atom. The van der Waals surface area contributed by atoms with E-state index in [9.17, 15) is 4.79 Å². The molecule has 0 radical (unpaired) electrons. The van der Waals surface area contributed by atoms with Crippen LogP contribution < -0.4 is 15.5 Å². The Bertz CT molecular complexity index is 714. The van der Waals surface area contributed by atoms with Crippen LogP contribution in [0.5, 0.6) is 5.75 Å². The number of carbonyl (C=O) groups is 1. The van der Waals surface area contributed by atoms with Crippen molar-refractivity contribution in [1.82, 2.24) is 5.43 Å². The third-order valence-corrected chi connectivity index (χ3v) is 3.79. The highest BCUT2D eigenvalue weighted by Crippen LogP contribution is 2.22. The van der Waals surface area contributed by atoms with Crippen LogP contribution in [-0.4, -0.2) is 25.3 Å². The second kappa shape index (κ2) is 6.96. The monoisotopic (exact) mass is 309 g/mol. The van der Waals surface area contributed by atoms with Crippen molar-refractivity contribution in [2.75, 3.05) is 19.0 Å². The summed E-state index contributed by atoms with van der Waals surface area (Å²) in [5.74, 6) is 0.525. The molecule has 0 bridgehead atoms. The van der Waals surface area contributed by atoms with E-state index in [4.69, 9.17) is 4.74 Å². The van der Waals surface area contributed by atoms with E-state index in [-0.39, 0.29) is 12.5 Å². The van der Waals surface area contributed by atoms with Crippen LogP contribution in [0.25, 0.3) is 0 Å². The van der Waals surface area contributed by atoms with Crippen LogP contribution in [0, 0.1) is 0 Å². The van der Waals surface area contributed by atoms with E-state index < -0.39 is 0 Å². The molecule has 0 spiro atoms. The summed E-state index contributed by atoms with van der Waals surface area (Å²) in [6.07, 6.45) is 1.60. The van der Waals surface area contributed by atoms with Gasteiger partial charge in [-0.3, -0.25) is 4.79 Å². The minimum atomic E-state index is -0.181. The lowest BCUT2D eigenvalue weighted by atomic mass is 10.1. The standard InChI is InChI=1S/C18H19N3O2/c1-23-17-9-5-4-8-16(17)19-12-18(22)21-20-15-10-13-6-2-3-7-14(13)11-15/h2-9,19H,10-12H2,1H3,(H,21,22). The van der Waals surface area contributed by atoms with E-state index in [2.05, 4.69) is 28.0 Å². The highest BCUT2D eigenvalue weighted by molar-refractivity contribution is 5.93. The molecule has 2 aromatic carbocycles. The van der Waals surface area contributed by atoms with Gasteiger partial charge in [-0.15, -0.1) is 0 Å². The van der Waals surface area contributed by atoms with Crippen LogP contribution in [0.4, 0.5) is 5.69 Å². The van der Waals surface area contributed by atoms with Gasteiger partial charge in [0.05, 0.1) is 19.3 Å². The second-order valence-electron chi connectivity index (χ2n) is 5.39. The van der Waals surface area contributed by atoms with Gasteiger partial charge >= 0.3 is 0 Å². The van der Waals surface area contributed by atoms with Gasteiger partial charge in [-0.05, 0) is 23.3 Å². The molecule has 0 aliphatic heterocycles. The van der Waals surface area contributed by atoms with Gasteiger partial charge in [-0.1, -0.05) is 36.4 Å². The Morgan fingerprint density at radius 3 is 2.43 bits per heavy atom. The Morgan fingerprint density at radius 1 is 1.09 bits per heavy atom. The number of hydrazone groups is 1. The molecule has 3 rings (SSSR count). The Balaban J connectivity index is 1.52. The molecular weight excluding hydrogens is 290 g/mol. The summed E-state index contributed by atoms with van der Waals surface area (Å²) in [6, 6.07) is 15.7. The van der Waals surface area contributed by atoms with Crippen molar-refractivity contribution in [3.8, 4) is 5.75 Å². The van der Waals surface area contributed by atoms with Gasteiger partial charge in [0.2, 0.25) is 0 Å². The van der Waals surface area contributed by atoms with Gasteiger partial charge in [0, 0.05) is 18.6 Å². The minimum Gasteiger partial charge on any atom is -0.495 e. The number of fused-ring (bicyclic) bond motifs is 1. The van der Waals surface area contributed by atoms with Gasteiger partial charge in [0.15, 0.2) is 0 Å². The number of rotatable bonds is 5. The molecule has 2 N–H and O–H groups in total. The lowest BCUT2D eigenvalue weighted by Gasteiger charge is -2.09. The SMILES string of the molecule is COc1ccccc1NCC(=O)NN=C1Cc2ccccc2C1. The molecule has 5 heteroatoms. The number of ether oxygens (including phenoxy) is 1. The molecule has 1 aliphatic carbocycles. The van der Waals surface area contributed by atoms with Gasteiger partial charge in [0.25, 0.3) is 5.91 Å². The van der Waals surface area contributed by atoms with Crippen LogP contribution in [0.2, 0.25) is 0 Å². The number of amides is 1. The number of nitrogens with one attached hydrogen (secondary N) is 2. The molecule has 0 heterocycles. The third-order valence-electron chi connectivity index (χ3n) is 3.79. The van der Waals surface area contributed by atoms with Crippen molar-refractivity contribution in [3.05, 3.63) is 59.7 Å². The molecule has 0 fully saturated rings. The zero-order valence-electron chi connectivity index (χ0n) is 13.0. The van der Waals surface area contributed by atoms with Gasteiger partial charge in [-0.2, -0.15) is 5.10 Å². The summed E-state index contributed by atoms with van der Waals surface area (Å²) in [4.78, 5) is 11.9. The fourth-order valence-corrected chi connectivity index (χ4v) is 2.63. The lowest BCUT2D eigenvalue weighted by Crippen LogP contribution is -2.27. The molecule has 2 aromatic rings. The smallest absolute Gasteiger partial charge is 0.259 e. The first kappa shape index (κ1) is 15.1. The quantitative estimate of drug-likeness (QED) is 0.834. The van der Waals surface area contributed by atoms with Crippen LogP contribution in [0.3, 0.4) is 0 Å². The number of carbonyl (C=O) groups excluding carboxylic acids is 1. The Hall–Kier alpha value is -2.82. The summed E-state index contributed by atoms with van der Waals surface area (Å²) < 4.78 is 5.23. The molecule has 0 aromatic heterocycles. The van der Waals surface area contributed by atoms with E-state index >= 15 is 0 Å². The molecule has 1 aliphatic rings. The maximum Gasteiger partial charge on any atom is 0.259 e. The van der Waals surface area contributed by atoms with E-state index in [0.717, 1.165) is 24.2 Å². The average molecular weight is 309 g/mol. The number of hydrogen-bond acceptors (Lipinski definition) is 4. The number of methoxy groups -OCH3 is 1. The first-order valence-electron chi connectivity index (χ1n) is 7.54. The Labute approximate surface area is 135 Å². The zero-order chi connectivity index (χ0) is 16.1. The Kier molecular flexibility index (Phi) is 4.57. The summed E-state index contributed by atoms with van der Waals surface area (Å²) >= 11 is 0. The number of para-hydroxylation sites is 2. The highest BCUT2D eigenvalue weighted by Gasteiger charge is 2.16. The molecule has 0 saturated carbocycles. The molecule has 0 atom stereocenters. The van der Waals surface area contributed by atoms with E-state index in [1.54, 1.807) is 7.11 Å². The maximum atomic E-state index is 11.9. The van der Waals surface area contributed by atoms with Crippen LogP contribution in [0.1, 0.15) is 11.1 Å². The van der Waals surface area contributed by atoms with Crippen molar-refractivity contribution >= 4 is 17.3 Å². The number of anilines is 1. The van der Waals surface area contributed by atoms with Crippen LogP contribution >= 0.6 is 0 Å². The number of hydrogen-bond donors (Lipinski definition) is 2. The number of benzene rings is 2. The second-order valence-corrected chi connectivity index (χ2v) is 5.39. The molecule has 0 unspecified atom stereocenters. The van der Waals surface area contributed by atoms with E-state index in [0.29, 0.717) is 5.75 Å². The molecule has 0 saturated heterocycles. The molecule has 1 amide bonds. The predicted molar refractivity (Wildman–Crippen MR) is 90.9 cm³/mol. The molecule has 23 heavy (non-hydrogen) atoms. The highest BCUT2D eigenvalue weighted by atomic mass is 16.5. The van der Waals surface area contributed by atoms with Crippen molar-refractivity contribution in [3.63, 3.8) is 0 Å². The average Bonchev–Trinajstić information content (AvgIpc) is 3.01. The summed E-state index contributed by atoms with van der Waals surface area (Å²) in [5, 5.41) is 7.29. The van der Waals surface area contributed by atoms with Crippen LogP contribution in [-0.2, 0) is 17.6 Å². The molecule has 118 valence electrons. The van der Waals surface area contributed by atoms with Gasteiger partial charge in [-0.25, -0.2) is 5.43 Å². The van der Waals surface area contributed by atoms with E-state index in [1.807, 2.05) is 36.4 Å². The van der Waals surface area contributed by atoms with Crippen molar-refractivity contribution in [1.29, 1.82) is 0 Å². The largest absolute Gasteiger partial charge is 0.495 e. The first-order chi connectivity index (χ1) is 11.3. The minimum absolute atomic E-state index is 0.143. The topological polar surface area (TPSA) is 62.7 Å². The van der Waals surface area contributed by atoms with Crippen LogP contribution in [0.15, 0.2) is 53.6 Å². The van der Waals surface area contributed by atoms with Gasteiger partial charge < -0.3 is 10.1 Å². The van der Waals surface area contributed by atoms with Gasteiger partial charge in [0.1, 0.15) is 5.75 Å². The summed E-state index contributed by atoms with van der Waals surface area (Å²) in [5.41, 5.74) is 6.95. The van der Waals surface area contributed by atoms with E-state index in [1.165, 1.54) is 11.1 Å². The normalized spacial score (nSPS) is 12.5. The number of nitrogens with zero attached hydrogens (tertiary/aromatic N) is 1. The molecular formula is C18H19N3O2. The summed E-state index contributed by atoms with van der Waals surface area (Å²) in [7, 11) is 1.60. The fourth-order valence-electron chi connectivity index (χ4n) is 2.63. The lowest BCUT2D eigenvalue weighted by molar-refractivity contribution is -0.119. The van der Waals surface area contributed by atoms with Crippen molar-refractivity contribution in [2.45, 2.75) is 12.8 Å². The first-order valence-corrected chi connectivity index (χ1v) is 7.54. The predicted octanol–water partition coefficient (Wildman–Crippen LogP) is 2.38.